The summed E-state index contributed by atoms with van der Waals surface area (Å²) in [6.07, 6.45) is -0.711. The molecule has 1 aromatic heterocycles. The van der Waals surface area contributed by atoms with Gasteiger partial charge in [-0.2, -0.15) is 0 Å². The van der Waals surface area contributed by atoms with Gasteiger partial charge >= 0.3 is 5.97 Å². The van der Waals surface area contributed by atoms with Gasteiger partial charge in [0.05, 0.1) is 17.9 Å². The molecule has 0 spiro atoms. The molecule has 0 fully saturated rings. The maximum Gasteiger partial charge on any atom is 0.340 e. The van der Waals surface area contributed by atoms with Crippen molar-refractivity contribution < 1.29 is 23.5 Å². The highest BCUT2D eigenvalue weighted by Gasteiger charge is 2.33. The minimum Gasteiger partial charge on any atom is -0.494 e. The van der Waals surface area contributed by atoms with E-state index in [1.54, 1.807) is 42.5 Å². The fourth-order valence-corrected chi connectivity index (χ4v) is 3.73. The van der Waals surface area contributed by atoms with E-state index in [1.807, 2.05) is 37.3 Å². The standard InChI is InChI=1S/C25H19NO5/c1-2-29-16-13-11-15(12-14-16)22(27)23-21(19-9-5-6-10-20(19)30-23)26-24-17-7-3-4-8-18(17)25(28)31-24/h3-14,24,26H,2H2,1H3. The molecule has 0 saturated carbocycles. The van der Waals surface area contributed by atoms with Gasteiger partial charge in [0.15, 0.2) is 5.76 Å². The van der Waals surface area contributed by atoms with Crippen LogP contribution in [-0.4, -0.2) is 18.4 Å². The Morgan fingerprint density at radius 1 is 1.00 bits per heavy atom. The third kappa shape index (κ3) is 3.32. The Kier molecular flexibility index (Phi) is 4.67. The molecule has 2 heterocycles. The lowest BCUT2D eigenvalue weighted by Crippen LogP contribution is -2.13. The average molecular weight is 413 g/mol. The van der Waals surface area contributed by atoms with Gasteiger partial charge in [0, 0.05) is 16.5 Å². The zero-order valence-electron chi connectivity index (χ0n) is 16.8. The second kappa shape index (κ2) is 7.65. The molecule has 1 aliphatic rings. The van der Waals surface area contributed by atoms with Gasteiger partial charge in [0.1, 0.15) is 11.3 Å². The minimum atomic E-state index is -0.711. The molecule has 1 unspecified atom stereocenters. The summed E-state index contributed by atoms with van der Waals surface area (Å²) >= 11 is 0. The SMILES string of the molecule is CCOc1ccc(C(=O)c2oc3ccccc3c2NC2OC(=O)c3ccccc32)cc1. The smallest absolute Gasteiger partial charge is 0.340 e. The second-order valence-corrected chi connectivity index (χ2v) is 7.11. The molecule has 0 bridgehead atoms. The van der Waals surface area contributed by atoms with Gasteiger partial charge in [0.25, 0.3) is 0 Å². The highest BCUT2D eigenvalue weighted by molar-refractivity contribution is 6.15. The third-order valence-electron chi connectivity index (χ3n) is 5.19. The number of esters is 1. The van der Waals surface area contributed by atoms with Crippen molar-refractivity contribution in [2.24, 2.45) is 0 Å². The summed E-state index contributed by atoms with van der Waals surface area (Å²) in [5, 5.41) is 3.95. The van der Waals surface area contributed by atoms with Crippen molar-refractivity contribution in [3.8, 4) is 5.75 Å². The molecule has 0 radical (unpaired) electrons. The van der Waals surface area contributed by atoms with Gasteiger partial charge in [-0.05, 0) is 49.4 Å². The summed E-state index contributed by atoms with van der Waals surface area (Å²) < 4.78 is 16.9. The molecule has 6 heteroatoms. The number of carbonyl (C=O) groups is 2. The Balaban J connectivity index is 1.55. The van der Waals surface area contributed by atoms with Gasteiger partial charge in [-0.15, -0.1) is 0 Å². The van der Waals surface area contributed by atoms with Crippen molar-refractivity contribution in [3.05, 3.63) is 95.2 Å². The lowest BCUT2D eigenvalue weighted by atomic mass is 10.1. The van der Waals surface area contributed by atoms with Crippen molar-refractivity contribution in [1.29, 1.82) is 0 Å². The molecule has 1 aliphatic heterocycles. The summed E-state index contributed by atoms with van der Waals surface area (Å²) in [4.78, 5) is 25.5. The number of hydrogen-bond acceptors (Lipinski definition) is 6. The van der Waals surface area contributed by atoms with E-state index in [0.29, 0.717) is 34.8 Å². The van der Waals surface area contributed by atoms with Crippen molar-refractivity contribution >= 4 is 28.4 Å². The quantitative estimate of drug-likeness (QED) is 0.339. The molecule has 4 aromatic rings. The van der Waals surface area contributed by atoms with E-state index in [1.165, 1.54) is 0 Å². The number of ketones is 1. The molecule has 6 nitrogen and oxygen atoms in total. The van der Waals surface area contributed by atoms with Crippen molar-refractivity contribution in [3.63, 3.8) is 0 Å². The lowest BCUT2D eigenvalue weighted by Gasteiger charge is -2.14. The van der Waals surface area contributed by atoms with Gasteiger partial charge in [0.2, 0.25) is 12.0 Å². The number of fused-ring (bicyclic) bond motifs is 2. The molecular weight excluding hydrogens is 394 g/mol. The highest BCUT2D eigenvalue weighted by atomic mass is 16.6. The predicted octanol–water partition coefficient (Wildman–Crippen LogP) is 5.34. The van der Waals surface area contributed by atoms with Crippen LogP contribution < -0.4 is 10.1 Å². The number of anilines is 1. The minimum absolute atomic E-state index is 0.158. The van der Waals surface area contributed by atoms with Crippen LogP contribution in [0.5, 0.6) is 5.75 Å². The summed E-state index contributed by atoms with van der Waals surface area (Å²) in [5.41, 5.74) is 2.75. The van der Waals surface area contributed by atoms with Crippen molar-refractivity contribution in [1.82, 2.24) is 0 Å². The highest BCUT2D eigenvalue weighted by Crippen LogP contribution is 2.38. The molecule has 1 N–H and O–H groups in total. The van der Waals surface area contributed by atoms with Gasteiger partial charge in [-0.1, -0.05) is 30.3 Å². The van der Waals surface area contributed by atoms with Crippen LogP contribution in [0.2, 0.25) is 0 Å². The number of furan rings is 1. The van der Waals surface area contributed by atoms with Crippen LogP contribution >= 0.6 is 0 Å². The number of benzene rings is 3. The third-order valence-corrected chi connectivity index (χ3v) is 5.19. The molecule has 0 saturated heterocycles. The molecule has 3 aromatic carbocycles. The summed E-state index contributed by atoms with van der Waals surface area (Å²) in [5.74, 6) is 0.168. The van der Waals surface area contributed by atoms with Crippen molar-refractivity contribution in [2.75, 3.05) is 11.9 Å². The fraction of sp³-hybridized carbons (Fsp3) is 0.120. The Bertz CT molecular complexity index is 1290. The van der Waals surface area contributed by atoms with E-state index in [9.17, 15) is 9.59 Å². The number of carbonyl (C=O) groups excluding carboxylic acids is 2. The van der Waals surface area contributed by atoms with E-state index in [0.717, 1.165) is 10.9 Å². The first kappa shape index (κ1) is 18.9. The fourth-order valence-electron chi connectivity index (χ4n) is 3.73. The van der Waals surface area contributed by atoms with Crippen LogP contribution in [0.1, 0.15) is 45.2 Å². The maximum atomic E-state index is 13.3. The normalized spacial score (nSPS) is 14.9. The van der Waals surface area contributed by atoms with Crippen LogP contribution in [0.25, 0.3) is 11.0 Å². The van der Waals surface area contributed by atoms with E-state index in [2.05, 4.69) is 5.32 Å². The monoisotopic (exact) mass is 413 g/mol. The Morgan fingerprint density at radius 2 is 1.74 bits per heavy atom. The molecular formula is C25H19NO5. The number of hydrogen-bond donors (Lipinski definition) is 1. The zero-order valence-corrected chi connectivity index (χ0v) is 16.8. The first-order chi connectivity index (χ1) is 15.2. The number of ether oxygens (including phenoxy) is 2. The first-order valence-corrected chi connectivity index (χ1v) is 10.0. The van der Waals surface area contributed by atoms with Crippen LogP contribution in [-0.2, 0) is 4.74 Å². The van der Waals surface area contributed by atoms with Crippen LogP contribution in [0.3, 0.4) is 0 Å². The summed E-state index contributed by atoms with van der Waals surface area (Å²) in [6.45, 7) is 2.45. The molecule has 31 heavy (non-hydrogen) atoms. The molecule has 0 amide bonds. The second-order valence-electron chi connectivity index (χ2n) is 7.11. The van der Waals surface area contributed by atoms with Crippen molar-refractivity contribution in [2.45, 2.75) is 13.2 Å². The number of rotatable bonds is 6. The molecule has 154 valence electrons. The van der Waals surface area contributed by atoms with E-state index in [4.69, 9.17) is 13.9 Å². The number of nitrogens with one attached hydrogen (secondary N) is 1. The molecule has 1 atom stereocenters. The Hall–Kier alpha value is -4.06. The van der Waals surface area contributed by atoms with Gasteiger partial charge < -0.3 is 19.2 Å². The van der Waals surface area contributed by atoms with Crippen LogP contribution in [0.15, 0.2) is 77.2 Å². The van der Waals surface area contributed by atoms with Gasteiger partial charge in [-0.25, -0.2) is 4.79 Å². The Labute approximate surface area is 178 Å². The van der Waals surface area contributed by atoms with E-state index in [-0.39, 0.29) is 11.5 Å². The first-order valence-electron chi connectivity index (χ1n) is 10.0. The lowest BCUT2D eigenvalue weighted by molar-refractivity contribution is 0.0437. The maximum absolute atomic E-state index is 13.3. The van der Waals surface area contributed by atoms with Gasteiger partial charge in [-0.3, -0.25) is 4.79 Å². The Morgan fingerprint density at radius 3 is 2.55 bits per heavy atom. The molecule has 0 aliphatic carbocycles. The van der Waals surface area contributed by atoms with Crippen LogP contribution in [0, 0.1) is 0 Å². The molecule has 5 rings (SSSR count). The predicted molar refractivity (Wildman–Crippen MR) is 115 cm³/mol. The van der Waals surface area contributed by atoms with E-state index < -0.39 is 12.2 Å². The average Bonchev–Trinajstić information content (AvgIpc) is 3.32. The topological polar surface area (TPSA) is 77.8 Å². The summed E-state index contributed by atoms with van der Waals surface area (Å²) in [7, 11) is 0. The largest absolute Gasteiger partial charge is 0.494 e. The number of cyclic esters (lactones) is 1. The van der Waals surface area contributed by atoms with E-state index >= 15 is 0 Å². The summed E-state index contributed by atoms with van der Waals surface area (Å²) in [6, 6.07) is 21.4. The van der Waals surface area contributed by atoms with Crippen LogP contribution in [0.4, 0.5) is 5.69 Å². The zero-order chi connectivity index (χ0) is 21.4. The number of para-hydroxylation sites is 1.